The van der Waals surface area contributed by atoms with Crippen LogP contribution < -0.4 is 0 Å². The van der Waals surface area contributed by atoms with Gasteiger partial charge >= 0.3 is 0 Å². The van der Waals surface area contributed by atoms with Crippen molar-refractivity contribution in [1.29, 1.82) is 0 Å². The van der Waals surface area contributed by atoms with Gasteiger partial charge in [0.1, 0.15) is 5.65 Å². The molecular formula is C70H50N4. The molecule has 13 aromatic rings. The van der Waals surface area contributed by atoms with Crippen molar-refractivity contribution in [3.63, 3.8) is 0 Å². The second-order valence-electron chi connectivity index (χ2n) is 22.8. The summed E-state index contributed by atoms with van der Waals surface area (Å²) in [7, 11) is 0. The van der Waals surface area contributed by atoms with E-state index in [4.69, 9.17) is 9.97 Å². The molecule has 2 atom stereocenters. The van der Waals surface area contributed by atoms with Gasteiger partial charge in [-0.1, -0.05) is 152 Å². The molecule has 6 aliphatic carbocycles. The summed E-state index contributed by atoms with van der Waals surface area (Å²) in [6.07, 6.45) is 11.0. The summed E-state index contributed by atoms with van der Waals surface area (Å²) < 4.78 is 5.11. The average Bonchev–Trinajstić information content (AvgIpc) is 4.23. The molecule has 8 aromatic carbocycles. The van der Waals surface area contributed by atoms with Crippen molar-refractivity contribution in [2.45, 2.75) is 63.2 Å². The van der Waals surface area contributed by atoms with Crippen LogP contribution in [0.15, 0.2) is 182 Å². The van der Waals surface area contributed by atoms with Crippen LogP contribution in [0.5, 0.6) is 0 Å². The Morgan fingerprint density at radius 2 is 1.07 bits per heavy atom. The molecule has 0 amide bonds. The van der Waals surface area contributed by atoms with Gasteiger partial charge in [0.25, 0.3) is 0 Å². The predicted octanol–water partition coefficient (Wildman–Crippen LogP) is 17.4. The number of aromatic nitrogens is 4. The maximum atomic E-state index is 5.73. The predicted molar refractivity (Wildman–Crippen MR) is 303 cm³/mol. The lowest BCUT2D eigenvalue weighted by atomic mass is 9.67. The van der Waals surface area contributed by atoms with Crippen LogP contribution in [0.4, 0.5) is 0 Å². The summed E-state index contributed by atoms with van der Waals surface area (Å²) in [5.41, 5.74) is 27.8. The third kappa shape index (κ3) is 4.78. The molecule has 350 valence electrons. The van der Waals surface area contributed by atoms with Gasteiger partial charge in [-0.25, -0.2) is 4.98 Å². The van der Waals surface area contributed by atoms with Crippen LogP contribution in [-0.2, 0) is 5.41 Å². The van der Waals surface area contributed by atoms with Crippen LogP contribution in [-0.4, -0.2) is 18.9 Å². The molecule has 1 spiro atoms. The summed E-state index contributed by atoms with van der Waals surface area (Å²) in [6.45, 7) is 4.49. The Bertz CT molecular complexity index is 4560. The number of para-hydroxylation sites is 1. The van der Waals surface area contributed by atoms with Crippen molar-refractivity contribution < 1.29 is 0 Å². The molecule has 4 bridgehead atoms. The van der Waals surface area contributed by atoms with E-state index in [1.165, 1.54) is 159 Å². The molecule has 2 unspecified atom stereocenters. The standard InChI is InChI=1S/C70H50N4/c1-38-15-14-16-39(2)60(38)43-27-28-50-57(34-43)74(56-26-13-9-19-46(56)42-17-4-3-5-18-42)69-64(50)63-51-35-55-62(49-22-8-12-25-54(49)70(55)52-23-10-6-20-47(52)48-21-7-11-24-53(48)70)66-65-59(73(68(51)66)58(63)37-72-69)36-71-67-45-32-40-29-41(33-45)31-44(30-40)61(65)67/h3-28,34-37,40-41,44-45H,29-33H2,1-2H3. The molecule has 5 heterocycles. The summed E-state index contributed by atoms with van der Waals surface area (Å²) in [6, 6.07) is 64.4. The van der Waals surface area contributed by atoms with Crippen molar-refractivity contribution in [1.82, 2.24) is 18.9 Å². The molecule has 2 saturated carbocycles. The van der Waals surface area contributed by atoms with Crippen LogP contribution in [0.3, 0.4) is 0 Å². The molecule has 5 aromatic heterocycles. The SMILES string of the molecule is Cc1cccc(C)c1-c1ccc2c3c4c5cc6c(c7c8c9c(ncc8n(c4cnc3n(-c3ccccc3-c3ccccc3)c2c1)c57)C1CC2CC(C1)CC9C2)-c1ccccc1C61c2ccccc2-c2ccccc21. The minimum Gasteiger partial charge on any atom is -0.305 e. The van der Waals surface area contributed by atoms with E-state index < -0.39 is 5.41 Å². The summed E-state index contributed by atoms with van der Waals surface area (Å²) in [5, 5.41) is 7.84. The van der Waals surface area contributed by atoms with E-state index in [0.717, 1.165) is 34.2 Å². The summed E-state index contributed by atoms with van der Waals surface area (Å²) >= 11 is 0. The fourth-order valence-corrected chi connectivity index (χ4v) is 16.9. The third-order valence-electron chi connectivity index (χ3n) is 19.3. The molecule has 74 heavy (non-hydrogen) atoms. The van der Waals surface area contributed by atoms with Crippen LogP contribution in [0.25, 0.3) is 110 Å². The Morgan fingerprint density at radius 1 is 0.446 bits per heavy atom. The summed E-state index contributed by atoms with van der Waals surface area (Å²) in [5.74, 6) is 2.62. The number of hydrogen-bond acceptors (Lipinski definition) is 2. The van der Waals surface area contributed by atoms with E-state index >= 15 is 0 Å². The molecular weight excluding hydrogens is 897 g/mol. The van der Waals surface area contributed by atoms with Gasteiger partial charge in [0.05, 0.1) is 45.6 Å². The lowest BCUT2D eigenvalue weighted by molar-refractivity contribution is 0.165. The minimum absolute atomic E-state index is 0.502. The molecule has 19 rings (SSSR count). The van der Waals surface area contributed by atoms with E-state index in [1.54, 1.807) is 5.56 Å². The zero-order valence-electron chi connectivity index (χ0n) is 41.5. The van der Waals surface area contributed by atoms with Crippen molar-refractivity contribution in [2.75, 3.05) is 0 Å². The van der Waals surface area contributed by atoms with Gasteiger partial charge in [-0.05, 0) is 160 Å². The van der Waals surface area contributed by atoms with Gasteiger partial charge in [0.2, 0.25) is 0 Å². The molecule has 0 radical (unpaired) electrons. The Hall–Kier alpha value is -8.34. The highest BCUT2D eigenvalue weighted by molar-refractivity contribution is 6.35. The van der Waals surface area contributed by atoms with Gasteiger partial charge in [-0.2, -0.15) is 0 Å². The average molecular weight is 947 g/mol. The first kappa shape index (κ1) is 40.2. The van der Waals surface area contributed by atoms with Gasteiger partial charge in [-0.15, -0.1) is 0 Å². The van der Waals surface area contributed by atoms with Crippen LogP contribution >= 0.6 is 0 Å². The third-order valence-corrected chi connectivity index (χ3v) is 19.3. The Balaban J connectivity index is 1.06. The van der Waals surface area contributed by atoms with Crippen LogP contribution in [0.2, 0.25) is 0 Å². The second kappa shape index (κ2) is 14.0. The first-order valence-corrected chi connectivity index (χ1v) is 27.1. The quantitative estimate of drug-likeness (QED) is 0.177. The van der Waals surface area contributed by atoms with Gasteiger partial charge in [0, 0.05) is 49.5 Å². The van der Waals surface area contributed by atoms with E-state index in [0.29, 0.717) is 11.8 Å². The molecule has 4 heteroatoms. The minimum atomic E-state index is -0.502. The number of rotatable bonds is 3. The number of pyridine rings is 2. The highest BCUT2D eigenvalue weighted by Gasteiger charge is 2.53. The van der Waals surface area contributed by atoms with E-state index in [1.807, 2.05) is 0 Å². The smallest absolute Gasteiger partial charge is 0.146 e. The zero-order chi connectivity index (χ0) is 48.3. The van der Waals surface area contributed by atoms with Gasteiger partial charge in [-0.3, -0.25) is 9.55 Å². The van der Waals surface area contributed by atoms with E-state index in [-0.39, 0.29) is 0 Å². The highest BCUT2D eigenvalue weighted by Crippen LogP contribution is 2.66. The molecule has 0 N–H and O–H groups in total. The zero-order valence-corrected chi connectivity index (χ0v) is 41.5. The molecule has 0 saturated heterocycles. The Kier molecular flexibility index (Phi) is 7.62. The van der Waals surface area contributed by atoms with Crippen molar-refractivity contribution in [2.24, 2.45) is 11.8 Å². The monoisotopic (exact) mass is 946 g/mol. The van der Waals surface area contributed by atoms with Crippen molar-refractivity contribution >= 4 is 60.0 Å². The number of fused-ring (bicyclic) bond motifs is 21. The summed E-state index contributed by atoms with van der Waals surface area (Å²) in [4.78, 5) is 11.4. The lowest BCUT2D eigenvalue weighted by Gasteiger charge is -2.38. The van der Waals surface area contributed by atoms with Gasteiger partial charge in [0.15, 0.2) is 0 Å². The van der Waals surface area contributed by atoms with Crippen LogP contribution in [0, 0.1) is 25.7 Å². The highest BCUT2D eigenvalue weighted by atomic mass is 15.1. The molecule has 2 fully saturated rings. The van der Waals surface area contributed by atoms with Crippen molar-refractivity contribution in [3.05, 3.63) is 227 Å². The van der Waals surface area contributed by atoms with E-state index in [9.17, 15) is 0 Å². The maximum Gasteiger partial charge on any atom is 0.146 e. The topological polar surface area (TPSA) is 35.1 Å². The molecule has 0 aliphatic heterocycles. The number of aryl methyl sites for hydroxylation is 2. The van der Waals surface area contributed by atoms with E-state index in [2.05, 4.69) is 205 Å². The number of benzene rings is 8. The Labute approximate surface area is 428 Å². The fraction of sp³-hybridized carbons (Fsp3) is 0.171. The van der Waals surface area contributed by atoms with Crippen molar-refractivity contribution in [3.8, 4) is 50.2 Å². The normalized spacial score (nSPS) is 19.6. The largest absolute Gasteiger partial charge is 0.305 e. The first-order chi connectivity index (χ1) is 36.5. The maximum absolute atomic E-state index is 5.73. The van der Waals surface area contributed by atoms with Gasteiger partial charge < -0.3 is 4.40 Å². The molecule has 6 aliphatic rings. The number of hydrogen-bond donors (Lipinski definition) is 0. The number of nitrogens with zero attached hydrogens (tertiary/aromatic N) is 4. The Morgan fingerprint density at radius 3 is 1.81 bits per heavy atom. The molecule has 4 nitrogen and oxygen atoms in total. The van der Waals surface area contributed by atoms with Crippen LogP contribution in [0.1, 0.15) is 88.6 Å². The lowest BCUT2D eigenvalue weighted by Crippen LogP contribution is -2.25. The fourth-order valence-electron chi connectivity index (χ4n) is 16.9. The first-order valence-electron chi connectivity index (χ1n) is 27.1. The second-order valence-corrected chi connectivity index (χ2v) is 22.8.